The SMILES string of the molecule is CCCCC(=O)OCC(=O)[C@H]1[C@H](C)C[C@H]2[C@@H]3C[C@H](F)C4=CC(=O)C=C[C@]4(C)[C@@]3(F)[C@@H](O)C[C@@]21C.NC(Cc1ccc(O)c(O)c1)C(=O)O. The number of nitrogens with two attached hydrogens (primary N) is 1. The van der Waals surface area contributed by atoms with E-state index >= 15 is 8.78 Å². The van der Waals surface area contributed by atoms with Crippen LogP contribution in [0.15, 0.2) is 42.0 Å². The molecule has 0 aromatic heterocycles. The predicted molar refractivity (Wildman–Crippen MR) is 171 cm³/mol. The number of aliphatic hydroxyl groups excluding tert-OH is 1. The van der Waals surface area contributed by atoms with Crippen LogP contribution in [0.5, 0.6) is 11.5 Å². The van der Waals surface area contributed by atoms with Gasteiger partial charge in [-0.1, -0.05) is 39.3 Å². The van der Waals surface area contributed by atoms with Gasteiger partial charge in [-0.15, -0.1) is 0 Å². The van der Waals surface area contributed by atoms with Crippen molar-refractivity contribution in [2.75, 3.05) is 6.61 Å². The normalized spacial score (nSPS) is 35.6. The van der Waals surface area contributed by atoms with Crippen molar-refractivity contribution in [3.05, 3.63) is 47.6 Å². The molecule has 5 rings (SSSR count). The molecule has 0 saturated heterocycles. The number of fused-ring (bicyclic) bond motifs is 5. The smallest absolute Gasteiger partial charge is 0.320 e. The van der Waals surface area contributed by atoms with Gasteiger partial charge in [0, 0.05) is 23.7 Å². The molecule has 4 aliphatic carbocycles. The quantitative estimate of drug-likeness (QED) is 0.184. The van der Waals surface area contributed by atoms with Gasteiger partial charge in [-0.05, 0) is 91.7 Å². The molecular formula is C36H47F2NO9. The van der Waals surface area contributed by atoms with Crippen LogP contribution < -0.4 is 5.73 Å². The maximum atomic E-state index is 17.1. The maximum absolute atomic E-state index is 17.1. The second-order valence-corrected chi connectivity index (χ2v) is 14.3. The van der Waals surface area contributed by atoms with E-state index in [0.717, 1.165) is 6.42 Å². The number of hydrogen-bond donors (Lipinski definition) is 5. The molecule has 12 heteroatoms. The summed E-state index contributed by atoms with van der Waals surface area (Å²) in [6.07, 6.45) is 3.32. The summed E-state index contributed by atoms with van der Waals surface area (Å²) in [6.45, 7) is 7.03. The largest absolute Gasteiger partial charge is 0.504 e. The van der Waals surface area contributed by atoms with Crippen molar-refractivity contribution in [1.82, 2.24) is 0 Å². The first-order valence-corrected chi connectivity index (χ1v) is 16.5. The molecule has 0 radical (unpaired) electrons. The van der Waals surface area contributed by atoms with Crippen LogP contribution in [0.3, 0.4) is 0 Å². The lowest BCUT2D eigenvalue weighted by atomic mass is 9.45. The minimum atomic E-state index is -2.15. The monoisotopic (exact) mass is 675 g/mol. The molecule has 0 bridgehead atoms. The topological polar surface area (TPSA) is 184 Å². The second-order valence-electron chi connectivity index (χ2n) is 14.3. The minimum absolute atomic E-state index is 0.0524. The Morgan fingerprint density at radius 3 is 2.44 bits per heavy atom. The fourth-order valence-electron chi connectivity index (χ4n) is 8.93. The summed E-state index contributed by atoms with van der Waals surface area (Å²) in [7, 11) is 0. The highest BCUT2D eigenvalue weighted by Crippen LogP contribution is 2.70. The van der Waals surface area contributed by atoms with Gasteiger partial charge in [-0.2, -0.15) is 0 Å². The van der Waals surface area contributed by atoms with E-state index in [1.54, 1.807) is 6.92 Å². The lowest BCUT2D eigenvalue weighted by Crippen LogP contribution is -2.68. The zero-order valence-electron chi connectivity index (χ0n) is 27.8. The standard InChI is InChI=1S/C27H36F2O5.C9H11NO4/c1-5-6-7-23(33)34-14-21(31)24-15(2)10-17-18-12-20(28)19-11-16(30)8-9-26(19,4)27(18,29)22(32)13-25(17,24)3;10-6(9(13)14)3-5-1-2-7(11)8(12)4-5/h8-9,11,15,17-18,20,22,24,32H,5-7,10,12-14H2,1-4H3;1-2,4,6,11-12H,3,10H2,(H,13,14)/t15-,17+,18+,20+,22+,24-,25+,26+,27+;/m1./s1. The molecule has 10 nitrogen and oxygen atoms in total. The zero-order valence-corrected chi connectivity index (χ0v) is 27.8. The summed E-state index contributed by atoms with van der Waals surface area (Å²) in [4.78, 5) is 47.5. The van der Waals surface area contributed by atoms with E-state index in [2.05, 4.69) is 0 Å². The Morgan fingerprint density at radius 2 is 1.81 bits per heavy atom. The summed E-state index contributed by atoms with van der Waals surface area (Å²) in [6, 6.07) is 3.09. The molecule has 3 saturated carbocycles. The summed E-state index contributed by atoms with van der Waals surface area (Å²) < 4.78 is 37.7. The van der Waals surface area contributed by atoms with Crippen molar-refractivity contribution in [2.24, 2.45) is 40.2 Å². The van der Waals surface area contributed by atoms with Crippen LogP contribution in [0.25, 0.3) is 0 Å². The number of ether oxygens (including phenoxy) is 1. The number of unbranched alkanes of at least 4 members (excludes halogenated alkanes) is 1. The first-order valence-electron chi connectivity index (χ1n) is 16.5. The van der Waals surface area contributed by atoms with E-state index in [4.69, 9.17) is 25.8 Å². The lowest BCUT2D eigenvalue weighted by molar-refractivity contribution is -0.202. The first kappa shape index (κ1) is 37.2. The number of ketones is 2. The van der Waals surface area contributed by atoms with Gasteiger partial charge in [0.25, 0.3) is 0 Å². The number of rotatable bonds is 9. The van der Waals surface area contributed by atoms with E-state index in [0.29, 0.717) is 18.4 Å². The highest BCUT2D eigenvalue weighted by molar-refractivity contribution is 6.01. The number of esters is 1. The van der Waals surface area contributed by atoms with Crippen LogP contribution in [0.4, 0.5) is 8.78 Å². The van der Waals surface area contributed by atoms with Crippen molar-refractivity contribution in [1.29, 1.82) is 0 Å². The van der Waals surface area contributed by atoms with Gasteiger partial charge in [-0.3, -0.25) is 19.2 Å². The van der Waals surface area contributed by atoms with Crippen molar-refractivity contribution in [3.63, 3.8) is 0 Å². The van der Waals surface area contributed by atoms with Gasteiger partial charge < -0.3 is 30.9 Å². The van der Waals surface area contributed by atoms with E-state index in [1.165, 1.54) is 36.4 Å². The van der Waals surface area contributed by atoms with Crippen LogP contribution >= 0.6 is 0 Å². The molecular weight excluding hydrogens is 628 g/mol. The predicted octanol–water partition coefficient (Wildman–Crippen LogP) is 4.52. The Morgan fingerprint density at radius 1 is 1.12 bits per heavy atom. The molecule has 4 aliphatic rings. The summed E-state index contributed by atoms with van der Waals surface area (Å²) in [5.41, 5.74) is 1.64. The first-order chi connectivity index (χ1) is 22.4. The number of aromatic hydroxyl groups is 2. The third-order valence-electron chi connectivity index (χ3n) is 11.2. The molecule has 0 aliphatic heterocycles. The number of phenolic OH excluding ortho intramolecular Hbond substituents is 2. The van der Waals surface area contributed by atoms with Crippen LogP contribution in [0.2, 0.25) is 0 Å². The van der Waals surface area contributed by atoms with E-state index in [1.807, 2.05) is 20.8 Å². The Balaban J connectivity index is 0.000000312. The number of carboxylic acid groups (broad SMARTS) is 1. The number of carbonyl (C=O) groups excluding carboxylic acids is 3. The van der Waals surface area contributed by atoms with Gasteiger partial charge in [0.05, 0.1) is 6.10 Å². The highest BCUT2D eigenvalue weighted by Gasteiger charge is 2.73. The van der Waals surface area contributed by atoms with Gasteiger partial charge in [0.15, 0.2) is 28.7 Å². The van der Waals surface area contributed by atoms with E-state index in [9.17, 15) is 24.3 Å². The number of hydrogen-bond acceptors (Lipinski definition) is 9. The van der Waals surface area contributed by atoms with Gasteiger partial charge in [0.2, 0.25) is 0 Å². The second kappa shape index (κ2) is 14.1. The molecule has 1 aromatic rings. The number of alkyl halides is 2. The Kier molecular flexibility index (Phi) is 10.9. The molecule has 0 amide bonds. The molecule has 1 aromatic carbocycles. The number of aliphatic carboxylic acids is 1. The molecule has 0 heterocycles. The van der Waals surface area contributed by atoms with Crippen LogP contribution in [0.1, 0.15) is 71.8 Å². The summed E-state index contributed by atoms with van der Waals surface area (Å²) in [5.74, 6) is -4.36. The van der Waals surface area contributed by atoms with Crippen molar-refractivity contribution in [3.8, 4) is 11.5 Å². The third-order valence-corrected chi connectivity index (χ3v) is 11.2. The van der Waals surface area contributed by atoms with E-state index < -0.39 is 58.6 Å². The average molecular weight is 676 g/mol. The summed E-state index contributed by atoms with van der Waals surface area (Å²) >= 11 is 0. The van der Waals surface area contributed by atoms with Crippen molar-refractivity contribution < 1.29 is 53.1 Å². The van der Waals surface area contributed by atoms with Crippen LogP contribution in [-0.4, -0.2) is 74.5 Å². The molecule has 48 heavy (non-hydrogen) atoms. The average Bonchev–Trinajstić information content (AvgIpc) is 3.28. The Hall–Kier alpha value is -3.64. The lowest BCUT2D eigenvalue weighted by Gasteiger charge is -2.62. The Bertz CT molecular complexity index is 1500. The minimum Gasteiger partial charge on any atom is -0.504 e. The fraction of sp³-hybridized carbons (Fsp3) is 0.611. The van der Waals surface area contributed by atoms with Gasteiger partial charge >= 0.3 is 11.9 Å². The van der Waals surface area contributed by atoms with Crippen molar-refractivity contribution in [2.45, 2.75) is 96.6 Å². The number of carbonyl (C=O) groups is 4. The summed E-state index contributed by atoms with van der Waals surface area (Å²) in [5, 5.41) is 37.9. The van der Waals surface area contributed by atoms with Crippen LogP contribution in [-0.2, 0) is 30.3 Å². The number of aliphatic hydroxyl groups is 1. The van der Waals surface area contributed by atoms with E-state index in [-0.39, 0.29) is 72.8 Å². The third kappa shape index (κ3) is 6.65. The number of allylic oxidation sites excluding steroid dienone is 4. The van der Waals surface area contributed by atoms with Crippen LogP contribution in [0, 0.1) is 34.5 Å². The van der Waals surface area contributed by atoms with Gasteiger partial charge in [-0.25, -0.2) is 8.78 Å². The highest BCUT2D eigenvalue weighted by atomic mass is 19.1. The number of Topliss-reactive ketones (excluding diaryl/α,β-unsaturated/α-hetero) is 1. The molecule has 0 spiro atoms. The Labute approximate surface area is 279 Å². The fourth-order valence-corrected chi connectivity index (χ4v) is 8.93. The maximum Gasteiger partial charge on any atom is 0.320 e. The van der Waals surface area contributed by atoms with Crippen molar-refractivity contribution >= 4 is 23.5 Å². The number of phenols is 2. The number of carboxylic acids is 1. The molecule has 10 atom stereocenters. The molecule has 1 unspecified atom stereocenters. The molecule has 6 N–H and O–H groups in total. The zero-order chi connectivity index (χ0) is 35.8. The number of benzene rings is 1. The number of halogens is 2. The molecule has 264 valence electrons. The molecule has 3 fully saturated rings. The van der Waals surface area contributed by atoms with Gasteiger partial charge in [0.1, 0.15) is 18.8 Å².